The predicted molar refractivity (Wildman–Crippen MR) is 90.9 cm³/mol. The molecule has 0 aromatic heterocycles. The van der Waals surface area contributed by atoms with Crippen molar-refractivity contribution in [3.63, 3.8) is 0 Å². The topological polar surface area (TPSA) is 32.3 Å². The smallest absolute Gasteiger partial charge is 0.247 e. The summed E-state index contributed by atoms with van der Waals surface area (Å²) in [6, 6.07) is 8.26. The number of amides is 1. The van der Waals surface area contributed by atoms with Crippen LogP contribution < -0.4 is 5.32 Å². The van der Waals surface area contributed by atoms with E-state index in [2.05, 4.69) is 41.4 Å². The van der Waals surface area contributed by atoms with E-state index in [4.69, 9.17) is 0 Å². The maximum absolute atomic E-state index is 13.0. The Morgan fingerprint density at radius 1 is 1.14 bits per heavy atom. The molecule has 2 unspecified atom stereocenters. The van der Waals surface area contributed by atoms with Crippen LogP contribution in [0, 0.1) is 18.8 Å². The van der Waals surface area contributed by atoms with Crippen molar-refractivity contribution in [2.24, 2.45) is 11.8 Å². The number of nitrogens with one attached hydrogen (secondary N) is 1. The monoisotopic (exact) mass is 300 g/mol. The van der Waals surface area contributed by atoms with Gasteiger partial charge in [0.25, 0.3) is 0 Å². The van der Waals surface area contributed by atoms with Gasteiger partial charge in [0, 0.05) is 18.8 Å². The number of likely N-dealkylation sites (tertiary alicyclic amines) is 1. The first kappa shape index (κ1) is 15.4. The van der Waals surface area contributed by atoms with Gasteiger partial charge < -0.3 is 10.2 Å². The fourth-order valence-electron chi connectivity index (χ4n) is 4.04. The standard InChI is InChI=1S/C19H28N2O/c1-14-7-9-17(10-8-14)20-19(2,3)18(22)21-12-15-5-4-6-16(11-15)13-21/h7-10,15-16,20H,4-6,11-13H2,1-3H3. The van der Waals surface area contributed by atoms with Crippen LogP contribution in [0.25, 0.3) is 0 Å². The molecule has 1 amide bonds. The van der Waals surface area contributed by atoms with E-state index in [-0.39, 0.29) is 5.91 Å². The van der Waals surface area contributed by atoms with E-state index in [1.54, 1.807) is 0 Å². The minimum atomic E-state index is -0.555. The third-order valence-corrected chi connectivity index (χ3v) is 5.18. The average molecular weight is 300 g/mol. The highest BCUT2D eigenvalue weighted by atomic mass is 16.2. The molecule has 1 aromatic rings. The van der Waals surface area contributed by atoms with Gasteiger partial charge in [0.05, 0.1) is 0 Å². The molecular formula is C19H28N2O. The highest BCUT2D eigenvalue weighted by Crippen LogP contribution is 2.35. The molecule has 1 heterocycles. The predicted octanol–water partition coefficient (Wildman–Crippen LogP) is 3.83. The molecule has 1 aromatic carbocycles. The number of piperidine rings is 1. The van der Waals surface area contributed by atoms with Crippen molar-refractivity contribution >= 4 is 11.6 Å². The zero-order chi connectivity index (χ0) is 15.7. The summed E-state index contributed by atoms with van der Waals surface area (Å²) in [5.74, 6) is 1.70. The number of nitrogens with zero attached hydrogens (tertiary/aromatic N) is 1. The van der Waals surface area contributed by atoms with E-state index in [0.29, 0.717) is 0 Å². The van der Waals surface area contributed by atoms with Crippen molar-refractivity contribution in [3.8, 4) is 0 Å². The van der Waals surface area contributed by atoms with Crippen LogP contribution in [0.4, 0.5) is 5.69 Å². The number of anilines is 1. The zero-order valence-corrected chi connectivity index (χ0v) is 14.1. The lowest BCUT2D eigenvalue weighted by molar-refractivity contribution is -0.138. The van der Waals surface area contributed by atoms with E-state index in [1.165, 1.54) is 31.2 Å². The van der Waals surface area contributed by atoms with Gasteiger partial charge in [-0.15, -0.1) is 0 Å². The summed E-state index contributed by atoms with van der Waals surface area (Å²) in [6.07, 6.45) is 5.27. The van der Waals surface area contributed by atoms with Crippen molar-refractivity contribution in [1.29, 1.82) is 0 Å². The fraction of sp³-hybridized carbons (Fsp3) is 0.632. The molecule has 0 spiro atoms. The largest absolute Gasteiger partial charge is 0.372 e. The number of aryl methyl sites for hydroxylation is 1. The minimum absolute atomic E-state index is 0.240. The molecule has 22 heavy (non-hydrogen) atoms. The SMILES string of the molecule is Cc1ccc(NC(C)(C)C(=O)N2CC3CCCC(C3)C2)cc1. The molecule has 1 N–H and O–H groups in total. The van der Waals surface area contributed by atoms with E-state index < -0.39 is 5.54 Å². The molecule has 1 aliphatic carbocycles. The maximum Gasteiger partial charge on any atom is 0.247 e. The lowest BCUT2D eigenvalue weighted by atomic mass is 9.77. The first-order chi connectivity index (χ1) is 10.4. The summed E-state index contributed by atoms with van der Waals surface area (Å²) in [6.45, 7) is 7.98. The van der Waals surface area contributed by atoms with E-state index in [9.17, 15) is 4.79 Å². The highest BCUT2D eigenvalue weighted by molar-refractivity contribution is 5.88. The number of rotatable bonds is 3. The molecule has 120 valence electrons. The van der Waals surface area contributed by atoms with Crippen molar-refractivity contribution < 1.29 is 4.79 Å². The summed E-state index contributed by atoms with van der Waals surface area (Å²) >= 11 is 0. The lowest BCUT2D eigenvalue weighted by Crippen LogP contribution is -2.55. The van der Waals surface area contributed by atoms with Gasteiger partial charge in [-0.25, -0.2) is 0 Å². The Bertz CT molecular complexity index is 523. The Morgan fingerprint density at radius 3 is 2.32 bits per heavy atom. The van der Waals surface area contributed by atoms with Crippen LogP contribution in [0.15, 0.2) is 24.3 Å². The van der Waals surface area contributed by atoms with Gasteiger partial charge in [-0.3, -0.25) is 4.79 Å². The van der Waals surface area contributed by atoms with Crippen molar-refractivity contribution in [2.75, 3.05) is 18.4 Å². The van der Waals surface area contributed by atoms with E-state index in [1.807, 2.05) is 13.8 Å². The number of carbonyl (C=O) groups is 1. The maximum atomic E-state index is 13.0. The zero-order valence-electron chi connectivity index (χ0n) is 14.1. The number of benzene rings is 1. The summed E-state index contributed by atoms with van der Waals surface area (Å²) in [4.78, 5) is 15.1. The van der Waals surface area contributed by atoms with Crippen LogP contribution in [0.1, 0.15) is 45.1 Å². The fourth-order valence-corrected chi connectivity index (χ4v) is 4.04. The van der Waals surface area contributed by atoms with Crippen LogP contribution >= 0.6 is 0 Å². The van der Waals surface area contributed by atoms with Crippen LogP contribution in [-0.4, -0.2) is 29.4 Å². The van der Waals surface area contributed by atoms with Gasteiger partial charge in [-0.2, -0.15) is 0 Å². The van der Waals surface area contributed by atoms with Crippen LogP contribution in [0.2, 0.25) is 0 Å². The average Bonchev–Trinajstić information content (AvgIpc) is 2.48. The number of hydrogen-bond donors (Lipinski definition) is 1. The Labute approximate surface area is 134 Å². The van der Waals surface area contributed by atoms with Crippen molar-refractivity contribution in [3.05, 3.63) is 29.8 Å². The van der Waals surface area contributed by atoms with Crippen LogP contribution in [0.3, 0.4) is 0 Å². The quantitative estimate of drug-likeness (QED) is 0.920. The van der Waals surface area contributed by atoms with Gasteiger partial charge in [0.15, 0.2) is 0 Å². The second-order valence-electron chi connectivity index (χ2n) is 7.72. The summed E-state index contributed by atoms with van der Waals surface area (Å²) < 4.78 is 0. The molecule has 0 radical (unpaired) electrons. The van der Waals surface area contributed by atoms with Gasteiger partial charge in [-0.1, -0.05) is 24.1 Å². The lowest BCUT2D eigenvalue weighted by Gasteiger charge is -2.44. The second-order valence-corrected chi connectivity index (χ2v) is 7.72. The molecule has 3 rings (SSSR count). The second kappa shape index (κ2) is 5.94. The molecular weight excluding hydrogens is 272 g/mol. The van der Waals surface area contributed by atoms with Crippen molar-refractivity contribution in [2.45, 2.75) is 52.0 Å². The van der Waals surface area contributed by atoms with Gasteiger partial charge in [0.2, 0.25) is 5.91 Å². The minimum Gasteiger partial charge on any atom is -0.372 e. The first-order valence-electron chi connectivity index (χ1n) is 8.58. The van der Waals surface area contributed by atoms with Crippen LogP contribution in [-0.2, 0) is 4.79 Å². The molecule has 2 fully saturated rings. The molecule has 1 aliphatic heterocycles. The number of hydrogen-bond acceptors (Lipinski definition) is 2. The molecule has 1 saturated carbocycles. The molecule has 2 atom stereocenters. The first-order valence-corrected chi connectivity index (χ1v) is 8.58. The Balaban J connectivity index is 1.68. The third kappa shape index (κ3) is 3.29. The van der Waals surface area contributed by atoms with Gasteiger partial charge >= 0.3 is 0 Å². The van der Waals surface area contributed by atoms with Gasteiger partial charge in [0.1, 0.15) is 5.54 Å². The Morgan fingerprint density at radius 2 is 1.73 bits per heavy atom. The van der Waals surface area contributed by atoms with E-state index in [0.717, 1.165) is 30.6 Å². The normalized spacial score (nSPS) is 25.0. The molecule has 3 heteroatoms. The van der Waals surface area contributed by atoms with Crippen LogP contribution in [0.5, 0.6) is 0 Å². The summed E-state index contributed by atoms with van der Waals surface area (Å²) in [5.41, 5.74) is 1.70. The van der Waals surface area contributed by atoms with Crippen molar-refractivity contribution in [1.82, 2.24) is 4.90 Å². The number of fused-ring (bicyclic) bond motifs is 2. The Hall–Kier alpha value is -1.51. The van der Waals surface area contributed by atoms with E-state index >= 15 is 0 Å². The molecule has 3 nitrogen and oxygen atoms in total. The third-order valence-electron chi connectivity index (χ3n) is 5.18. The van der Waals surface area contributed by atoms with Gasteiger partial charge in [-0.05, 0) is 64.0 Å². The summed E-state index contributed by atoms with van der Waals surface area (Å²) in [7, 11) is 0. The highest BCUT2D eigenvalue weighted by Gasteiger charge is 2.38. The molecule has 2 aliphatic rings. The number of carbonyl (C=O) groups excluding carboxylic acids is 1. The molecule has 1 saturated heterocycles. The summed E-state index contributed by atoms with van der Waals surface area (Å²) in [5, 5.41) is 3.42. The molecule has 2 bridgehead atoms. The Kier molecular flexibility index (Phi) is 4.16.